The number of hydrogen-bond acceptors (Lipinski definition) is 8. The molecule has 1 aliphatic heterocycles. The summed E-state index contributed by atoms with van der Waals surface area (Å²) < 4.78 is 0. The third-order valence-corrected chi connectivity index (χ3v) is 7.03. The lowest BCUT2D eigenvalue weighted by Gasteiger charge is -2.40. The van der Waals surface area contributed by atoms with Crippen molar-refractivity contribution in [1.82, 2.24) is 24.9 Å². The molecule has 2 atom stereocenters. The lowest BCUT2D eigenvalue weighted by Crippen LogP contribution is -2.60. The van der Waals surface area contributed by atoms with Gasteiger partial charge in [-0.3, -0.25) is 24.6 Å². The van der Waals surface area contributed by atoms with Crippen molar-refractivity contribution >= 4 is 35.0 Å². The molecule has 0 radical (unpaired) electrons. The van der Waals surface area contributed by atoms with Crippen LogP contribution in [0.4, 0.5) is 21.9 Å². The number of urea groups is 1. The van der Waals surface area contributed by atoms with Crippen molar-refractivity contribution in [2.45, 2.75) is 25.4 Å². The first kappa shape index (κ1) is 29.7. The first-order chi connectivity index (χ1) is 20.0. The number of carbonyl (C=O) groups is 3. The minimum Gasteiger partial charge on any atom is -0.505 e. The minimum atomic E-state index is -1.35. The fourth-order valence-electron chi connectivity index (χ4n) is 4.80. The molecule has 3 aromatic rings. The molecule has 1 saturated heterocycles. The number of phenolic OH excluding ortho intramolecular Hbond substituents is 1. The Morgan fingerprint density at radius 2 is 1.67 bits per heavy atom. The Kier molecular flexibility index (Phi) is 8.84. The van der Waals surface area contributed by atoms with Crippen LogP contribution in [-0.2, 0) is 4.79 Å². The lowest BCUT2D eigenvalue weighted by molar-refractivity contribution is -0.144. The van der Waals surface area contributed by atoms with Crippen LogP contribution < -0.4 is 21.8 Å². The molecule has 2 aromatic carbocycles. The summed E-state index contributed by atoms with van der Waals surface area (Å²) in [6, 6.07) is 11.5. The van der Waals surface area contributed by atoms with Crippen LogP contribution in [0.5, 0.6) is 5.75 Å². The summed E-state index contributed by atoms with van der Waals surface area (Å²) >= 11 is 0. The van der Waals surface area contributed by atoms with E-state index in [-0.39, 0.29) is 54.3 Å². The van der Waals surface area contributed by atoms with Gasteiger partial charge < -0.3 is 35.5 Å². The Labute approximate surface area is 240 Å². The molecule has 1 unspecified atom stereocenters. The van der Waals surface area contributed by atoms with Gasteiger partial charge in [0.05, 0.1) is 23.8 Å². The van der Waals surface area contributed by atoms with E-state index in [0.29, 0.717) is 6.42 Å². The average molecular weight is 580 g/mol. The topological polar surface area (TPSA) is 191 Å². The summed E-state index contributed by atoms with van der Waals surface area (Å²) in [5.41, 5.74) is -0.950. The van der Waals surface area contributed by atoms with Crippen LogP contribution in [0.2, 0.25) is 0 Å². The molecule has 3 amide bonds. The maximum Gasteiger partial charge on any atom is 0.328 e. The number of hydrogen-bond donors (Lipinski definition) is 6. The van der Waals surface area contributed by atoms with Crippen molar-refractivity contribution in [3.63, 3.8) is 0 Å². The third-order valence-electron chi connectivity index (χ3n) is 7.03. The number of benzene rings is 2. The van der Waals surface area contributed by atoms with E-state index in [1.54, 1.807) is 14.1 Å². The van der Waals surface area contributed by atoms with Crippen LogP contribution in [0.15, 0.2) is 58.1 Å². The summed E-state index contributed by atoms with van der Waals surface area (Å²) in [4.78, 5) is 67.3. The number of anilines is 3. The predicted molar refractivity (Wildman–Crippen MR) is 155 cm³/mol. The number of para-hydroxylation sites is 1. The predicted octanol–water partition coefficient (Wildman–Crippen LogP) is 1.97. The van der Waals surface area contributed by atoms with Crippen molar-refractivity contribution in [3.05, 3.63) is 80.4 Å². The molecule has 0 saturated carbocycles. The Balaban J connectivity index is 1.64. The van der Waals surface area contributed by atoms with E-state index in [0.717, 1.165) is 10.5 Å². The van der Waals surface area contributed by atoms with Gasteiger partial charge >= 0.3 is 12.0 Å². The summed E-state index contributed by atoms with van der Waals surface area (Å²) in [6.07, 6.45) is 0.586. The highest BCUT2D eigenvalue weighted by Gasteiger charge is 2.38. The second-order valence-corrected chi connectivity index (χ2v) is 9.98. The van der Waals surface area contributed by atoms with Crippen LogP contribution in [0.25, 0.3) is 0 Å². The van der Waals surface area contributed by atoms with E-state index in [1.165, 1.54) is 28.0 Å². The fraction of sp³-hybridized carbons (Fsp3) is 0.321. The molecule has 0 bridgehead atoms. The monoisotopic (exact) mass is 579 g/mol. The average Bonchev–Trinajstić information content (AvgIpc) is 2.99. The number of rotatable bonds is 8. The molecule has 1 aromatic heterocycles. The quantitative estimate of drug-likeness (QED) is 0.217. The fourth-order valence-corrected chi connectivity index (χ4v) is 4.80. The van der Waals surface area contributed by atoms with Gasteiger partial charge in [-0.2, -0.15) is 0 Å². The summed E-state index contributed by atoms with van der Waals surface area (Å²) in [5.74, 6) is -2.61. The van der Waals surface area contributed by atoms with Crippen molar-refractivity contribution in [2.75, 3.05) is 44.4 Å². The van der Waals surface area contributed by atoms with E-state index >= 15 is 0 Å². The van der Waals surface area contributed by atoms with Gasteiger partial charge in [0.2, 0.25) is 0 Å². The van der Waals surface area contributed by atoms with Gasteiger partial charge in [0.15, 0.2) is 5.75 Å². The Morgan fingerprint density at radius 1 is 1.00 bits per heavy atom. The number of carbonyl (C=O) groups excluding carboxylic acids is 2. The van der Waals surface area contributed by atoms with E-state index in [1.807, 2.05) is 37.3 Å². The molecule has 0 spiro atoms. The van der Waals surface area contributed by atoms with Gasteiger partial charge in [0.1, 0.15) is 17.4 Å². The van der Waals surface area contributed by atoms with Crippen LogP contribution in [0.1, 0.15) is 35.3 Å². The smallest absolute Gasteiger partial charge is 0.328 e. The molecule has 222 valence electrons. The number of amides is 3. The van der Waals surface area contributed by atoms with Gasteiger partial charge in [-0.15, -0.1) is 0 Å². The summed E-state index contributed by atoms with van der Waals surface area (Å²) in [6.45, 7) is 1.71. The Morgan fingerprint density at radius 3 is 2.29 bits per heavy atom. The summed E-state index contributed by atoms with van der Waals surface area (Å²) in [5, 5.41) is 31.4. The van der Waals surface area contributed by atoms with E-state index in [4.69, 9.17) is 0 Å². The first-order valence-corrected chi connectivity index (χ1v) is 13.3. The highest BCUT2D eigenvalue weighted by atomic mass is 16.4. The standard InChI is InChI=1S/C28H33N7O7/c1-4-18(16-9-6-5-7-10-16)29-21-22(25(38)32-31-24(21)37)30-19-12-8-11-17(23(19)36)26(39)35-14-13-34(28(42)33(2)3)15-20(35)27(40)41/h5-12,18,20,36H,4,13-15H2,1-3H3,(H,40,41)(H2,29,32,38)(H2,30,31,37)/t18-,20?/m1/s1. The normalized spacial score (nSPS) is 15.5. The van der Waals surface area contributed by atoms with E-state index in [2.05, 4.69) is 20.8 Å². The molecule has 0 aliphatic carbocycles. The highest BCUT2D eigenvalue weighted by Crippen LogP contribution is 2.33. The first-order valence-electron chi connectivity index (χ1n) is 13.3. The maximum atomic E-state index is 13.5. The molecule has 14 nitrogen and oxygen atoms in total. The zero-order chi connectivity index (χ0) is 30.6. The number of carboxylic acid groups (broad SMARTS) is 1. The maximum absolute atomic E-state index is 13.5. The number of phenols is 1. The molecule has 2 heterocycles. The molecule has 1 aliphatic rings. The number of nitrogens with one attached hydrogen (secondary N) is 4. The highest BCUT2D eigenvalue weighted by molar-refractivity contribution is 6.01. The number of aliphatic carboxylic acids is 1. The van der Waals surface area contributed by atoms with Gasteiger partial charge in [-0.05, 0) is 24.1 Å². The number of nitrogens with zero attached hydrogens (tertiary/aromatic N) is 3. The number of aromatic hydroxyl groups is 1. The number of piperazine rings is 1. The van der Waals surface area contributed by atoms with Crippen LogP contribution >= 0.6 is 0 Å². The Bertz CT molecular complexity index is 1590. The van der Waals surface area contributed by atoms with Crippen molar-refractivity contribution < 1.29 is 24.6 Å². The Hall–Kier alpha value is -5.27. The number of carboxylic acids is 1. The van der Waals surface area contributed by atoms with Gasteiger partial charge in [-0.1, -0.05) is 43.3 Å². The van der Waals surface area contributed by atoms with Crippen LogP contribution in [-0.4, -0.2) is 92.8 Å². The van der Waals surface area contributed by atoms with Crippen molar-refractivity contribution in [1.29, 1.82) is 0 Å². The van der Waals surface area contributed by atoms with Crippen LogP contribution in [0.3, 0.4) is 0 Å². The number of aromatic nitrogens is 2. The SMILES string of the molecule is CC[C@@H](Nc1c(Nc2cccc(C(=O)N3CCN(C(=O)N(C)C)CC3C(=O)O)c2O)c(=O)[nH][nH]c1=O)c1ccccc1. The largest absolute Gasteiger partial charge is 0.505 e. The molecule has 1 fully saturated rings. The van der Waals surface area contributed by atoms with Crippen LogP contribution in [0, 0.1) is 0 Å². The molecule has 42 heavy (non-hydrogen) atoms. The molecular weight excluding hydrogens is 546 g/mol. The van der Waals surface area contributed by atoms with Crippen molar-refractivity contribution in [2.24, 2.45) is 0 Å². The van der Waals surface area contributed by atoms with Gasteiger partial charge in [0.25, 0.3) is 17.0 Å². The number of aromatic amines is 2. The molecular formula is C28H33N7O7. The second-order valence-electron chi connectivity index (χ2n) is 9.98. The zero-order valence-electron chi connectivity index (χ0n) is 23.4. The molecule has 4 rings (SSSR count). The number of H-pyrrole nitrogens is 2. The molecule has 14 heteroatoms. The van der Waals surface area contributed by atoms with E-state index in [9.17, 15) is 34.2 Å². The zero-order valence-corrected chi connectivity index (χ0v) is 23.4. The third kappa shape index (κ3) is 6.06. The minimum absolute atomic E-state index is 0.0546. The summed E-state index contributed by atoms with van der Waals surface area (Å²) in [7, 11) is 3.09. The van der Waals surface area contributed by atoms with Gasteiger partial charge in [0, 0.05) is 27.2 Å². The lowest BCUT2D eigenvalue weighted by atomic mass is 10.0. The second kappa shape index (κ2) is 12.5. The van der Waals surface area contributed by atoms with E-state index < -0.39 is 34.8 Å². The molecule has 6 N–H and O–H groups in total. The van der Waals surface area contributed by atoms with Gasteiger partial charge in [-0.25, -0.2) is 9.59 Å². The van der Waals surface area contributed by atoms with Crippen molar-refractivity contribution in [3.8, 4) is 5.75 Å².